The summed E-state index contributed by atoms with van der Waals surface area (Å²) in [6, 6.07) is 0. The monoisotopic (exact) mass is 1470 g/mol. The number of phosphoric ester groups is 2. The van der Waals surface area contributed by atoms with Crippen LogP contribution in [-0.4, -0.2) is 96.7 Å². The number of hydrogen-bond acceptors (Lipinski definition) is 15. The van der Waals surface area contributed by atoms with E-state index >= 15 is 0 Å². The van der Waals surface area contributed by atoms with Gasteiger partial charge in [0.25, 0.3) is 0 Å². The number of aliphatic hydroxyl groups excluding tert-OH is 1. The van der Waals surface area contributed by atoms with Gasteiger partial charge in [-0.2, -0.15) is 0 Å². The van der Waals surface area contributed by atoms with Crippen molar-refractivity contribution in [2.24, 2.45) is 0 Å². The zero-order valence-corrected chi connectivity index (χ0v) is 65.3. The lowest BCUT2D eigenvalue weighted by molar-refractivity contribution is -0.161. The zero-order chi connectivity index (χ0) is 74.6. The second-order valence-corrected chi connectivity index (χ2v) is 28.4. The molecule has 0 aliphatic rings. The SMILES string of the molecule is CC/C=C\C/C=C\C/C=C\C/C=C\C/C=C\CCCC(=O)OCC(COP(=O)(O)OCC(O)COP(=O)(O)OCC(COC(=O)CCCCCCCCC/C=C\C/C=C\C/C=C\CC)OC(=O)CCCCCCC/C=C\CCCC)OC(=O)CCCCCCCCC/C=C\C/C=C\C/C=C\CC. The third-order valence-electron chi connectivity index (χ3n) is 15.8. The fourth-order valence-electron chi connectivity index (χ4n) is 9.91. The topological polar surface area (TPSA) is 237 Å². The molecule has 0 saturated heterocycles. The summed E-state index contributed by atoms with van der Waals surface area (Å²) in [5.74, 6) is -2.28. The van der Waals surface area contributed by atoms with Gasteiger partial charge in [-0.05, 0) is 148 Å². The molecule has 0 bridgehead atoms. The second kappa shape index (κ2) is 74.2. The van der Waals surface area contributed by atoms with Crippen LogP contribution in [0, 0.1) is 0 Å². The van der Waals surface area contributed by atoms with Gasteiger partial charge in [0.2, 0.25) is 0 Å². The molecular weight excluding hydrogens is 1330 g/mol. The first-order chi connectivity index (χ1) is 49.7. The highest BCUT2D eigenvalue weighted by atomic mass is 31.2. The van der Waals surface area contributed by atoms with Crippen LogP contribution in [0.5, 0.6) is 0 Å². The average Bonchev–Trinajstić information content (AvgIpc) is 0.994. The minimum Gasteiger partial charge on any atom is -0.462 e. The molecule has 0 aliphatic heterocycles. The molecule has 0 aromatic heterocycles. The molecule has 5 atom stereocenters. The Bertz CT molecular complexity index is 2510. The molecule has 0 spiro atoms. The van der Waals surface area contributed by atoms with E-state index in [1.54, 1.807) is 0 Å². The van der Waals surface area contributed by atoms with Crippen LogP contribution < -0.4 is 0 Å². The largest absolute Gasteiger partial charge is 0.472 e. The normalized spacial score (nSPS) is 14.7. The lowest BCUT2D eigenvalue weighted by Crippen LogP contribution is -2.30. The molecule has 582 valence electrons. The Hall–Kier alpha value is -5.06. The van der Waals surface area contributed by atoms with Gasteiger partial charge >= 0.3 is 39.5 Å². The molecule has 0 aromatic carbocycles. The van der Waals surface area contributed by atoms with Gasteiger partial charge in [0.15, 0.2) is 12.2 Å². The molecule has 19 heteroatoms. The maximum Gasteiger partial charge on any atom is 0.472 e. The van der Waals surface area contributed by atoms with Gasteiger partial charge in [0.1, 0.15) is 19.3 Å². The molecule has 0 fully saturated rings. The number of ether oxygens (including phenoxy) is 4. The Morgan fingerprint density at radius 1 is 0.284 bits per heavy atom. The molecule has 17 nitrogen and oxygen atoms in total. The summed E-state index contributed by atoms with van der Waals surface area (Å²) in [6.45, 7) is 4.40. The van der Waals surface area contributed by atoms with Gasteiger partial charge in [0, 0.05) is 25.7 Å². The molecule has 102 heavy (non-hydrogen) atoms. The molecule has 0 amide bonds. The highest BCUT2D eigenvalue weighted by molar-refractivity contribution is 7.47. The van der Waals surface area contributed by atoms with Crippen molar-refractivity contribution in [2.75, 3.05) is 39.6 Å². The van der Waals surface area contributed by atoms with E-state index in [2.05, 4.69) is 161 Å². The Kier molecular flexibility index (Phi) is 70.5. The Morgan fingerprint density at radius 3 is 0.833 bits per heavy atom. The minimum absolute atomic E-state index is 0.0672. The fraction of sp³-hybridized carbons (Fsp3) is 0.663. The standard InChI is InChI=1S/C83H138O17P2/c1-5-9-13-17-21-25-29-32-35-38-41-44-48-51-55-59-63-67-80(85)93-73-78(99-82(87)69-65-61-57-53-47-28-24-20-16-12-8-4)75-97-101(89,90)95-71-77(84)72-96-102(91,92)98-76-79(100-83(88)70-66-62-58-54-50-46-43-40-37-34-31-27-23-19-15-11-7-3)74-94-81(86)68-64-60-56-52-49-45-42-39-36-33-30-26-22-18-14-10-6-2/h9-11,13-15,20-27,32-37,42,45,52,56,77-79,84H,5-8,12,16-19,28-31,38-41,43-44,46-51,53-55,57-76H2,1-4H3,(H,89,90)(H,91,92)/b13-9-,14-10-,15-11-,24-20-,25-21-,26-22-,27-23-,35-32-,36-33-,37-34-,45-42-,56-52-. The molecule has 0 saturated carbocycles. The fourth-order valence-corrected chi connectivity index (χ4v) is 11.5. The lowest BCUT2D eigenvalue weighted by Gasteiger charge is -2.21. The summed E-state index contributed by atoms with van der Waals surface area (Å²) in [6.07, 6.45) is 84.1. The summed E-state index contributed by atoms with van der Waals surface area (Å²) in [5.41, 5.74) is 0. The number of phosphoric acid groups is 2. The highest BCUT2D eigenvalue weighted by Gasteiger charge is 2.30. The van der Waals surface area contributed by atoms with E-state index in [0.29, 0.717) is 32.1 Å². The third kappa shape index (κ3) is 73.3. The third-order valence-corrected chi connectivity index (χ3v) is 17.7. The Morgan fingerprint density at radius 2 is 0.520 bits per heavy atom. The summed E-state index contributed by atoms with van der Waals surface area (Å²) in [7, 11) is -9.98. The number of allylic oxidation sites excluding steroid dienone is 24. The number of rotatable bonds is 72. The van der Waals surface area contributed by atoms with E-state index < -0.39 is 97.5 Å². The molecule has 5 unspecified atom stereocenters. The Labute approximate surface area is 617 Å². The van der Waals surface area contributed by atoms with E-state index in [4.69, 9.17) is 37.0 Å². The van der Waals surface area contributed by atoms with Crippen molar-refractivity contribution >= 4 is 39.5 Å². The van der Waals surface area contributed by atoms with E-state index in [9.17, 15) is 43.2 Å². The van der Waals surface area contributed by atoms with Crippen molar-refractivity contribution < 1.29 is 80.2 Å². The maximum atomic E-state index is 13.1. The molecular formula is C83H138O17P2. The average molecular weight is 1470 g/mol. The number of carbonyl (C=O) groups is 4. The van der Waals surface area contributed by atoms with E-state index in [-0.39, 0.29) is 25.7 Å². The van der Waals surface area contributed by atoms with Crippen LogP contribution in [0.2, 0.25) is 0 Å². The smallest absolute Gasteiger partial charge is 0.462 e. The number of unbranched alkanes of at least 4 members (excludes halogenated alkanes) is 22. The van der Waals surface area contributed by atoms with Crippen molar-refractivity contribution in [3.63, 3.8) is 0 Å². The van der Waals surface area contributed by atoms with Crippen LogP contribution in [0.4, 0.5) is 0 Å². The van der Waals surface area contributed by atoms with Crippen LogP contribution in [0.25, 0.3) is 0 Å². The Balaban J connectivity index is 5.40. The van der Waals surface area contributed by atoms with Crippen LogP contribution in [-0.2, 0) is 65.4 Å². The van der Waals surface area contributed by atoms with Crippen molar-refractivity contribution in [1.29, 1.82) is 0 Å². The number of hydrogen-bond donors (Lipinski definition) is 3. The first kappa shape index (κ1) is 96.9. The minimum atomic E-state index is -5.00. The number of esters is 4. The van der Waals surface area contributed by atoms with Crippen molar-refractivity contribution in [3.05, 3.63) is 146 Å². The van der Waals surface area contributed by atoms with Crippen LogP contribution >= 0.6 is 15.6 Å². The van der Waals surface area contributed by atoms with Crippen LogP contribution in [0.3, 0.4) is 0 Å². The first-order valence-corrected chi connectivity index (χ1v) is 42.1. The van der Waals surface area contributed by atoms with Gasteiger partial charge in [-0.15, -0.1) is 0 Å². The maximum absolute atomic E-state index is 13.1. The van der Waals surface area contributed by atoms with E-state index in [1.807, 2.05) is 12.2 Å². The molecule has 0 aliphatic carbocycles. The summed E-state index contributed by atoms with van der Waals surface area (Å²) < 4.78 is 68.5. The summed E-state index contributed by atoms with van der Waals surface area (Å²) in [4.78, 5) is 72.9. The quantitative estimate of drug-likeness (QED) is 0.0169. The van der Waals surface area contributed by atoms with Crippen molar-refractivity contribution in [2.45, 2.75) is 316 Å². The molecule has 0 aromatic rings. The van der Waals surface area contributed by atoms with Crippen molar-refractivity contribution in [1.82, 2.24) is 0 Å². The first-order valence-electron chi connectivity index (χ1n) is 39.1. The highest BCUT2D eigenvalue weighted by Crippen LogP contribution is 2.45. The molecule has 0 heterocycles. The van der Waals surface area contributed by atoms with Gasteiger partial charge in [-0.1, -0.05) is 270 Å². The van der Waals surface area contributed by atoms with Crippen LogP contribution in [0.15, 0.2) is 146 Å². The lowest BCUT2D eigenvalue weighted by atomic mass is 10.1. The summed E-state index contributed by atoms with van der Waals surface area (Å²) >= 11 is 0. The van der Waals surface area contributed by atoms with Gasteiger partial charge in [-0.3, -0.25) is 37.3 Å². The summed E-state index contributed by atoms with van der Waals surface area (Å²) in [5, 5.41) is 10.6. The second-order valence-electron chi connectivity index (χ2n) is 25.5. The predicted molar refractivity (Wildman–Crippen MR) is 417 cm³/mol. The van der Waals surface area contributed by atoms with Gasteiger partial charge in [0.05, 0.1) is 26.4 Å². The predicted octanol–water partition coefficient (Wildman–Crippen LogP) is 22.7. The molecule has 3 N–H and O–H groups in total. The zero-order valence-electron chi connectivity index (χ0n) is 63.5. The molecule has 0 rings (SSSR count). The van der Waals surface area contributed by atoms with Gasteiger partial charge < -0.3 is 33.8 Å². The molecule has 0 radical (unpaired) electrons. The van der Waals surface area contributed by atoms with Crippen LogP contribution in [0.1, 0.15) is 297 Å². The van der Waals surface area contributed by atoms with Gasteiger partial charge in [-0.25, -0.2) is 9.13 Å². The van der Waals surface area contributed by atoms with E-state index in [1.165, 1.54) is 12.8 Å². The number of carbonyl (C=O) groups excluding carboxylic acids is 4. The van der Waals surface area contributed by atoms with E-state index in [0.717, 1.165) is 199 Å². The van der Waals surface area contributed by atoms with Crippen molar-refractivity contribution in [3.8, 4) is 0 Å². The number of aliphatic hydroxyl groups is 1.